The van der Waals surface area contributed by atoms with Gasteiger partial charge < -0.3 is 29.9 Å². The molecule has 4 rings (SSSR count). The highest BCUT2D eigenvalue weighted by atomic mass is 79.9. The SMILES string of the molecule is CCCC(CCO)Nc1nc(NC(=O)OC)nc2c(Br)nn(Cc3ncc(C4=CCN(C(=O)O)CC4)cc3OC)c12. The molecule has 14 nitrogen and oxygen atoms in total. The Hall–Kier alpha value is -3.98. The van der Waals surface area contributed by atoms with Crippen LogP contribution in [0.4, 0.5) is 21.4 Å². The van der Waals surface area contributed by atoms with E-state index in [0.29, 0.717) is 58.8 Å². The largest absolute Gasteiger partial charge is 0.495 e. The van der Waals surface area contributed by atoms with E-state index in [2.05, 4.69) is 53.5 Å². The van der Waals surface area contributed by atoms with Crippen LogP contribution < -0.4 is 15.4 Å². The van der Waals surface area contributed by atoms with E-state index in [4.69, 9.17) is 9.47 Å². The summed E-state index contributed by atoms with van der Waals surface area (Å²) in [4.78, 5) is 38.2. The van der Waals surface area contributed by atoms with Crippen molar-refractivity contribution >= 4 is 56.5 Å². The molecule has 0 bridgehead atoms. The molecular weight excluding hydrogens is 600 g/mol. The van der Waals surface area contributed by atoms with Crippen molar-refractivity contribution in [3.63, 3.8) is 0 Å². The van der Waals surface area contributed by atoms with E-state index in [1.807, 2.05) is 12.1 Å². The molecule has 15 heteroatoms. The molecule has 0 spiro atoms. The number of halogens is 1. The lowest BCUT2D eigenvalue weighted by atomic mass is 10.0. The van der Waals surface area contributed by atoms with Crippen molar-refractivity contribution in [2.75, 3.05) is 44.5 Å². The van der Waals surface area contributed by atoms with Gasteiger partial charge in [-0.2, -0.15) is 10.1 Å². The lowest BCUT2D eigenvalue weighted by Crippen LogP contribution is -2.33. The summed E-state index contributed by atoms with van der Waals surface area (Å²) in [6.07, 6.45) is 4.75. The average molecular weight is 634 g/mol. The Morgan fingerprint density at radius 2 is 2.05 bits per heavy atom. The highest BCUT2D eigenvalue weighted by Crippen LogP contribution is 2.32. The van der Waals surface area contributed by atoms with Crippen molar-refractivity contribution < 1.29 is 29.3 Å². The van der Waals surface area contributed by atoms with Crippen LogP contribution >= 0.6 is 15.9 Å². The third-order valence-corrected chi connectivity index (χ3v) is 7.24. The molecular formula is C26H33BrN8O6. The first kappa shape index (κ1) is 30.0. The number of amides is 2. The molecule has 0 aromatic carbocycles. The van der Waals surface area contributed by atoms with E-state index in [0.717, 1.165) is 24.0 Å². The number of ether oxygens (including phenoxy) is 2. The topological polar surface area (TPSA) is 177 Å². The van der Waals surface area contributed by atoms with Crippen LogP contribution in [0.5, 0.6) is 5.75 Å². The molecule has 220 valence electrons. The number of nitrogens with zero attached hydrogens (tertiary/aromatic N) is 6. The van der Waals surface area contributed by atoms with Crippen molar-refractivity contribution in [3.8, 4) is 5.75 Å². The summed E-state index contributed by atoms with van der Waals surface area (Å²) in [5, 5.41) is 29.4. The molecule has 0 saturated carbocycles. The van der Waals surface area contributed by atoms with Crippen LogP contribution in [0.15, 0.2) is 22.9 Å². The van der Waals surface area contributed by atoms with Crippen LogP contribution in [0.2, 0.25) is 0 Å². The first-order chi connectivity index (χ1) is 19.8. The second kappa shape index (κ2) is 13.6. The van der Waals surface area contributed by atoms with Gasteiger partial charge in [-0.1, -0.05) is 19.4 Å². The maximum Gasteiger partial charge on any atom is 0.413 e. The quantitative estimate of drug-likeness (QED) is 0.241. The minimum Gasteiger partial charge on any atom is -0.495 e. The van der Waals surface area contributed by atoms with Crippen molar-refractivity contribution in [2.45, 2.75) is 45.2 Å². The van der Waals surface area contributed by atoms with Crippen molar-refractivity contribution in [1.29, 1.82) is 0 Å². The maximum absolute atomic E-state index is 11.9. The van der Waals surface area contributed by atoms with Gasteiger partial charge in [-0.25, -0.2) is 14.6 Å². The van der Waals surface area contributed by atoms with E-state index >= 15 is 0 Å². The van der Waals surface area contributed by atoms with Gasteiger partial charge in [-0.15, -0.1) is 0 Å². The van der Waals surface area contributed by atoms with Crippen LogP contribution in [0.3, 0.4) is 0 Å². The minimum atomic E-state index is -0.938. The fourth-order valence-corrected chi connectivity index (χ4v) is 5.10. The molecule has 41 heavy (non-hydrogen) atoms. The Kier molecular flexibility index (Phi) is 9.94. The van der Waals surface area contributed by atoms with Crippen LogP contribution in [0.25, 0.3) is 16.6 Å². The van der Waals surface area contributed by atoms with Crippen LogP contribution in [-0.2, 0) is 11.3 Å². The number of nitrogens with one attached hydrogen (secondary N) is 2. The van der Waals surface area contributed by atoms with E-state index in [1.165, 1.54) is 12.0 Å². The third-order valence-electron chi connectivity index (χ3n) is 6.70. The van der Waals surface area contributed by atoms with Crippen molar-refractivity contribution in [2.24, 2.45) is 0 Å². The minimum absolute atomic E-state index is 0.000355. The normalized spacial score (nSPS) is 14.0. The first-order valence-electron chi connectivity index (χ1n) is 13.1. The molecule has 3 aromatic rings. The molecule has 1 aliphatic heterocycles. The molecule has 0 fully saturated rings. The highest BCUT2D eigenvalue weighted by Gasteiger charge is 2.23. The number of aliphatic hydroxyl groups excluding tert-OH is 1. The van der Waals surface area contributed by atoms with Gasteiger partial charge in [-0.05, 0) is 52.4 Å². The molecule has 4 N–H and O–H groups in total. The Balaban J connectivity index is 1.71. The zero-order chi connectivity index (χ0) is 29.5. The van der Waals surface area contributed by atoms with Gasteiger partial charge in [0.05, 0.1) is 20.8 Å². The monoisotopic (exact) mass is 632 g/mol. The summed E-state index contributed by atoms with van der Waals surface area (Å²) in [5.41, 5.74) is 3.50. The number of hydrogen-bond donors (Lipinski definition) is 4. The molecule has 1 atom stereocenters. The Morgan fingerprint density at radius 1 is 1.24 bits per heavy atom. The Morgan fingerprint density at radius 3 is 2.68 bits per heavy atom. The highest BCUT2D eigenvalue weighted by molar-refractivity contribution is 9.10. The van der Waals surface area contributed by atoms with Gasteiger partial charge in [0.1, 0.15) is 22.5 Å². The number of aliphatic hydroxyl groups is 1. The molecule has 4 heterocycles. The van der Waals surface area contributed by atoms with Gasteiger partial charge in [0.15, 0.2) is 10.4 Å². The number of aromatic nitrogens is 5. The number of methoxy groups -OCH3 is 2. The summed E-state index contributed by atoms with van der Waals surface area (Å²) in [7, 11) is 2.81. The zero-order valence-electron chi connectivity index (χ0n) is 23.1. The van der Waals surface area contributed by atoms with Crippen LogP contribution in [0.1, 0.15) is 43.9 Å². The van der Waals surface area contributed by atoms with Crippen LogP contribution in [0, 0.1) is 0 Å². The van der Waals surface area contributed by atoms with Crippen molar-refractivity contribution in [1.82, 2.24) is 29.6 Å². The van der Waals surface area contributed by atoms with E-state index < -0.39 is 12.2 Å². The fourth-order valence-electron chi connectivity index (χ4n) is 4.64. The smallest absolute Gasteiger partial charge is 0.413 e. The van der Waals surface area contributed by atoms with Gasteiger partial charge >= 0.3 is 12.2 Å². The summed E-state index contributed by atoms with van der Waals surface area (Å²) >= 11 is 3.49. The second-order valence-corrected chi connectivity index (χ2v) is 10.1. The average Bonchev–Trinajstić information content (AvgIpc) is 3.28. The third kappa shape index (κ3) is 7.03. The first-order valence-corrected chi connectivity index (χ1v) is 13.9. The molecule has 0 saturated heterocycles. The van der Waals surface area contributed by atoms with Gasteiger partial charge in [-0.3, -0.25) is 15.0 Å². The van der Waals surface area contributed by atoms with E-state index in [-0.39, 0.29) is 25.1 Å². The summed E-state index contributed by atoms with van der Waals surface area (Å²) in [6.45, 7) is 3.01. The number of carbonyl (C=O) groups is 2. The van der Waals surface area contributed by atoms with E-state index in [9.17, 15) is 19.8 Å². The molecule has 1 aliphatic rings. The van der Waals surface area contributed by atoms with Gasteiger partial charge in [0.2, 0.25) is 5.95 Å². The summed E-state index contributed by atoms with van der Waals surface area (Å²) < 4.78 is 12.5. The number of rotatable bonds is 11. The zero-order valence-corrected chi connectivity index (χ0v) is 24.6. The number of fused-ring (bicyclic) bond motifs is 1. The maximum atomic E-state index is 11.9. The number of anilines is 2. The fraction of sp³-hybridized carbons (Fsp3) is 0.462. The predicted octanol–water partition coefficient (Wildman–Crippen LogP) is 3.95. The second-order valence-electron chi connectivity index (χ2n) is 9.38. The lowest BCUT2D eigenvalue weighted by molar-refractivity contribution is 0.150. The predicted molar refractivity (Wildman–Crippen MR) is 155 cm³/mol. The lowest BCUT2D eigenvalue weighted by Gasteiger charge is -2.24. The molecule has 0 radical (unpaired) electrons. The molecule has 2 amide bonds. The van der Waals surface area contributed by atoms with Crippen LogP contribution in [-0.4, -0.2) is 92.0 Å². The molecule has 1 unspecified atom stereocenters. The van der Waals surface area contributed by atoms with Gasteiger partial charge in [0.25, 0.3) is 0 Å². The number of carboxylic acid groups (broad SMARTS) is 1. The number of pyridine rings is 1. The number of carbonyl (C=O) groups excluding carboxylic acids is 1. The standard InChI is InChI=1S/C26H33BrN8O6/c1-4-5-17(8-11-36)29-23-21-20(30-24(31-23)32-25(37)41-3)22(27)33-35(21)14-18-19(40-2)12-16(13-28-18)15-6-9-34(10-7-15)26(38)39/h6,12-13,17,36H,4-5,7-11,14H2,1-3H3,(H,38,39)(H2,29,30,31,32,37). The number of hydrogen-bond acceptors (Lipinski definition) is 10. The van der Waals surface area contributed by atoms with E-state index in [1.54, 1.807) is 18.0 Å². The van der Waals surface area contributed by atoms with Gasteiger partial charge in [0, 0.05) is 31.9 Å². The summed E-state index contributed by atoms with van der Waals surface area (Å²) in [5.74, 6) is 1.01. The Labute approximate surface area is 244 Å². The van der Waals surface area contributed by atoms with Crippen molar-refractivity contribution in [3.05, 3.63) is 34.2 Å². The Bertz CT molecular complexity index is 1440. The molecule has 0 aliphatic carbocycles. The summed E-state index contributed by atoms with van der Waals surface area (Å²) in [6, 6.07) is 1.81. The molecule has 3 aromatic heterocycles.